The van der Waals surface area contributed by atoms with E-state index in [2.05, 4.69) is 10.4 Å². The van der Waals surface area contributed by atoms with Crippen molar-refractivity contribution in [1.82, 2.24) is 15.1 Å². The Kier molecular flexibility index (Phi) is 6.84. The first-order valence-corrected chi connectivity index (χ1v) is 9.00. The van der Waals surface area contributed by atoms with Crippen molar-refractivity contribution < 1.29 is 14.3 Å². The third-order valence-corrected chi connectivity index (χ3v) is 4.08. The summed E-state index contributed by atoms with van der Waals surface area (Å²) in [5.74, 6) is 0.815. The first-order chi connectivity index (χ1) is 13.7. The topological polar surface area (TPSA) is 65.4 Å². The highest BCUT2D eigenvalue weighted by Gasteiger charge is 2.05. The molecule has 0 saturated heterocycles. The van der Waals surface area contributed by atoms with Gasteiger partial charge in [-0.2, -0.15) is 5.10 Å². The molecule has 0 fully saturated rings. The zero-order valence-corrected chi connectivity index (χ0v) is 15.7. The van der Waals surface area contributed by atoms with E-state index in [4.69, 9.17) is 9.47 Å². The molecule has 144 valence electrons. The molecule has 0 radical (unpaired) electrons. The average Bonchev–Trinajstić information content (AvgIpc) is 3.24. The van der Waals surface area contributed by atoms with Crippen molar-refractivity contribution in [2.75, 3.05) is 13.7 Å². The van der Waals surface area contributed by atoms with E-state index in [1.165, 1.54) is 0 Å². The van der Waals surface area contributed by atoms with Crippen LogP contribution in [0.2, 0.25) is 0 Å². The van der Waals surface area contributed by atoms with E-state index in [1.54, 1.807) is 13.3 Å². The highest BCUT2D eigenvalue weighted by molar-refractivity contribution is 5.67. The van der Waals surface area contributed by atoms with Gasteiger partial charge in [-0.1, -0.05) is 48.6 Å². The summed E-state index contributed by atoms with van der Waals surface area (Å²) in [5, 5.41) is 6.94. The first kappa shape index (κ1) is 19.2. The molecule has 1 N–H and O–H groups in total. The molecule has 3 aromatic rings. The zero-order chi connectivity index (χ0) is 19.6. The number of alkyl carbamates (subject to hydrolysis) is 1. The molecule has 0 unspecified atom stereocenters. The van der Waals surface area contributed by atoms with Crippen molar-refractivity contribution >= 4 is 12.2 Å². The Bertz CT molecular complexity index is 906. The van der Waals surface area contributed by atoms with Gasteiger partial charge in [0.2, 0.25) is 0 Å². The third kappa shape index (κ3) is 5.74. The minimum atomic E-state index is -0.442. The molecule has 0 bridgehead atoms. The average molecular weight is 377 g/mol. The highest BCUT2D eigenvalue weighted by Crippen LogP contribution is 2.21. The number of carbonyl (C=O) groups is 1. The van der Waals surface area contributed by atoms with Gasteiger partial charge in [0, 0.05) is 24.5 Å². The van der Waals surface area contributed by atoms with Crippen molar-refractivity contribution in [3.8, 4) is 5.75 Å². The normalized spacial score (nSPS) is 10.8. The Balaban J connectivity index is 1.50. The maximum absolute atomic E-state index is 11.7. The molecular formula is C22H23N3O3. The number of nitrogens with zero attached hydrogens (tertiary/aromatic N) is 2. The lowest BCUT2D eigenvalue weighted by molar-refractivity contribution is 0.141. The van der Waals surface area contributed by atoms with Crippen LogP contribution in [0.5, 0.6) is 5.75 Å². The summed E-state index contributed by atoms with van der Waals surface area (Å²) in [5.41, 5.74) is 3.00. The Hall–Kier alpha value is -3.54. The van der Waals surface area contributed by atoms with Gasteiger partial charge in [0.15, 0.2) is 0 Å². The van der Waals surface area contributed by atoms with Gasteiger partial charge in [-0.25, -0.2) is 4.79 Å². The number of aromatic nitrogens is 2. The van der Waals surface area contributed by atoms with Crippen LogP contribution >= 0.6 is 0 Å². The second-order valence-corrected chi connectivity index (χ2v) is 6.12. The minimum absolute atomic E-state index is 0.256. The summed E-state index contributed by atoms with van der Waals surface area (Å²) in [7, 11) is 1.66. The summed E-state index contributed by atoms with van der Waals surface area (Å²) < 4.78 is 12.5. The molecule has 0 atom stereocenters. The van der Waals surface area contributed by atoms with Crippen molar-refractivity contribution in [2.45, 2.75) is 13.2 Å². The fourth-order valence-corrected chi connectivity index (χ4v) is 2.71. The number of ether oxygens (including phenoxy) is 2. The van der Waals surface area contributed by atoms with Gasteiger partial charge >= 0.3 is 6.09 Å². The summed E-state index contributed by atoms with van der Waals surface area (Å²) in [6.45, 7) is 1.27. The van der Waals surface area contributed by atoms with Crippen molar-refractivity contribution in [2.24, 2.45) is 0 Å². The monoisotopic (exact) mass is 377 g/mol. The number of methoxy groups -OCH3 is 1. The Morgan fingerprint density at radius 3 is 2.79 bits per heavy atom. The molecule has 1 aromatic heterocycles. The van der Waals surface area contributed by atoms with E-state index in [0.29, 0.717) is 13.1 Å². The number of carbonyl (C=O) groups excluding carboxylic acids is 1. The smallest absolute Gasteiger partial charge is 0.407 e. The van der Waals surface area contributed by atoms with Gasteiger partial charge in [-0.15, -0.1) is 0 Å². The fourth-order valence-electron chi connectivity index (χ4n) is 2.71. The van der Waals surface area contributed by atoms with Crippen LogP contribution in [0.25, 0.3) is 6.08 Å². The minimum Gasteiger partial charge on any atom is -0.496 e. The number of nitrogens with one attached hydrogen (secondary N) is 1. The van der Waals surface area contributed by atoms with Gasteiger partial charge in [0.1, 0.15) is 12.4 Å². The summed E-state index contributed by atoms with van der Waals surface area (Å²) in [6, 6.07) is 17.4. The fraction of sp³-hybridized carbons (Fsp3) is 0.182. The van der Waals surface area contributed by atoms with Crippen LogP contribution in [0.3, 0.4) is 0 Å². The van der Waals surface area contributed by atoms with E-state index in [9.17, 15) is 4.79 Å². The lowest BCUT2D eigenvalue weighted by atomic mass is 10.1. The molecule has 0 aliphatic heterocycles. The lowest BCUT2D eigenvalue weighted by Crippen LogP contribution is -2.24. The number of hydrogen-bond acceptors (Lipinski definition) is 4. The molecule has 1 heterocycles. The number of hydrogen-bond donors (Lipinski definition) is 1. The van der Waals surface area contributed by atoms with Gasteiger partial charge < -0.3 is 14.8 Å². The lowest BCUT2D eigenvalue weighted by Gasteiger charge is -2.10. The standard InChI is InChI=1S/C22H23N3O3/c1-27-21-11-10-18(15-20(21)16-25-14-6-13-24-25)9-5-12-23-22(26)28-17-19-7-3-2-4-8-19/h2-11,13-15H,12,16-17H2,1H3,(H,23,26). The number of benzene rings is 2. The molecule has 0 saturated carbocycles. The van der Waals surface area contributed by atoms with Crippen molar-refractivity contribution in [1.29, 1.82) is 0 Å². The van der Waals surface area contributed by atoms with Crippen LogP contribution in [0.1, 0.15) is 16.7 Å². The molecule has 1 amide bonds. The second-order valence-electron chi connectivity index (χ2n) is 6.12. The van der Waals surface area contributed by atoms with Crippen LogP contribution in [-0.2, 0) is 17.9 Å². The van der Waals surface area contributed by atoms with Crippen LogP contribution in [-0.4, -0.2) is 29.5 Å². The Morgan fingerprint density at radius 2 is 2.04 bits per heavy atom. The molecule has 3 rings (SSSR count). The van der Waals surface area contributed by atoms with Gasteiger partial charge in [-0.3, -0.25) is 4.68 Å². The van der Waals surface area contributed by atoms with Crippen LogP contribution in [0, 0.1) is 0 Å². The predicted molar refractivity (Wildman–Crippen MR) is 108 cm³/mol. The Morgan fingerprint density at radius 1 is 1.18 bits per heavy atom. The molecule has 0 spiro atoms. The van der Waals surface area contributed by atoms with Gasteiger partial charge in [0.25, 0.3) is 0 Å². The first-order valence-electron chi connectivity index (χ1n) is 9.00. The molecule has 6 heteroatoms. The Labute approximate surface area is 164 Å². The van der Waals surface area contributed by atoms with Crippen LogP contribution < -0.4 is 10.1 Å². The van der Waals surface area contributed by atoms with Gasteiger partial charge in [-0.05, 0) is 29.3 Å². The summed E-state index contributed by atoms with van der Waals surface area (Å²) in [4.78, 5) is 11.7. The SMILES string of the molecule is COc1ccc(C=CCNC(=O)OCc2ccccc2)cc1Cn1cccn1. The van der Waals surface area contributed by atoms with Crippen molar-refractivity contribution in [3.63, 3.8) is 0 Å². The van der Waals surface area contributed by atoms with E-state index < -0.39 is 6.09 Å². The largest absolute Gasteiger partial charge is 0.496 e. The number of rotatable bonds is 8. The summed E-state index contributed by atoms with van der Waals surface area (Å²) >= 11 is 0. The van der Waals surface area contributed by atoms with Gasteiger partial charge in [0.05, 0.1) is 13.7 Å². The van der Waals surface area contributed by atoms with Crippen LogP contribution in [0.15, 0.2) is 73.1 Å². The highest BCUT2D eigenvalue weighted by atomic mass is 16.5. The molecule has 28 heavy (non-hydrogen) atoms. The second kappa shape index (κ2) is 9.97. The molecule has 2 aromatic carbocycles. The third-order valence-electron chi connectivity index (χ3n) is 4.08. The number of amides is 1. The van der Waals surface area contributed by atoms with E-state index in [0.717, 1.165) is 22.4 Å². The molecule has 0 aliphatic rings. The zero-order valence-electron chi connectivity index (χ0n) is 15.7. The predicted octanol–water partition coefficient (Wildman–Crippen LogP) is 3.88. The summed E-state index contributed by atoms with van der Waals surface area (Å²) in [6.07, 6.45) is 7.04. The maximum atomic E-state index is 11.7. The van der Waals surface area contributed by atoms with Crippen LogP contribution in [0.4, 0.5) is 4.79 Å². The van der Waals surface area contributed by atoms with Crippen molar-refractivity contribution in [3.05, 3.63) is 89.8 Å². The van der Waals surface area contributed by atoms with E-state index >= 15 is 0 Å². The molecular weight excluding hydrogens is 354 g/mol. The van der Waals surface area contributed by atoms with E-state index in [-0.39, 0.29) is 6.61 Å². The molecule has 0 aliphatic carbocycles. The quantitative estimate of drug-likeness (QED) is 0.647. The maximum Gasteiger partial charge on any atom is 0.407 e. The molecule has 6 nitrogen and oxygen atoms in total. The van der Waals surface area contributed by atoms with E-state index in [1.807, 2.05) is 77.6 Å².